The van der Waals surface area contributed by atoms with E-state index in [1.54, 1.807) is 11.4 Å². The second kappa shape index (κ2) is 5.28. The van der Waals surface area contributed by atoms with Gasteiger partial charge in [-0.15, -0.1) is 0 Å². The van der Waals surface area contributed by atoms with Crippen molar-refractivity contribution in [2.75, 3.05) is 5.32 Å². The van der Waals surface area contributed by atoms with E-state index < -0.39 is 5.91 Å². The lowest BCUT2D eigenvalue weighted by Crippen LogP contribution is -2.13. The highest BCUT2D eigenvalue weighted by Crippen LogP contribution is 2.09. The summed E-state index contributed by atoms with van der Waals surface area (Å²) in [6.45, 7) is 0. The third kappa shape index (κ3) is 2.64. The maximum atomic E-state index is 11.6. The number of ketones is 1. The molecule has 0 saturated heterocycles. The van der Waals surface area contributed by atoms with Crippen molar-refractivity contribution in [2.24, 2.45) is 5.73 Å². The van der Waals surface area contributed by atoms with Gasteiger partial charge in [-0.25, -0.2) is 4.98 Å². The molecule has 92 valence electrons. The quantitative estimate of drug-likeness (QED) is 0.559. The lowest BCUT2D eigenvalue weighted by atomic mass is 10.2. The number of hydrogen-bond acceptors (Lipinski definition) is 5. The lowest BCUT2D eigenvalue weighted by Gasteiger charge is -1.97. The minimum Gasteiger partial charge on any atom is -0.364 e. The monoisotopic (exact) mass is 262 g/mol. The van der Waals surface area contributed by atoms with E-state index >= 15 is 0 Å². The number of thiophene rings is 1. The number of nitrogens with zero attached hydrogens (tertiary/aromatic N) is 1. The normalized spacial score (nSPS) is 10.7. The van der Waals surface area contributed by atoms with E-state index in [1.807, 2.05) is 5.38 Å². The molecule has 0 fully saturated rings. The Hall–Kier alpha value is -2.41. The molecule has 1 amide bonds. The van der Waals surface area contributed by atoms with E-state index in [0.717, 1.165) is 0 Å². The summed E-state index contributed by atoms with van der Waals surface area (Å²) < 4.78 is 0. The molecule has 0 atom stereocenters. The Kier molecular flexibility index (Phi) is 3.54. The zero-order valence-corrected chi connectivity index (χ0v) is 10.0. The molecule has 18 heavy (non-hydrogen) atoms. The van der Waals surface area contributed by atoms with E-state index in [9.17, 15) is 9.59 Å². The second-order valence-corrected chi connectivity index (χ2v) is 4.12. The number of rotatable bonds is 5. The smallest absolute Gasteiger partial charge is 0.269 e. The first kappa shape index (κ1) is 12.1. The maximum Gasteiger partial charge on any atom is 0.269 e. The Balaban J connectivity index is 2.01. The fraction of sp³-hybridized carbons (Fsp3) is 0. The Morgan fingerprint density at radius 3 is 3.00 bits per heavy atom. The summed E-state index contributed by atoms with van der Waals surface area (Å²) in [7, 11) is 0. The predicted octanol–water partition coefficient (Wildman–Crippen LogP) is 1.38. The van der Waals surface area contributed by atoms with Crippen LogP contribution in [0.5, 0.6) is 0 Å². The highest BCUT2D eigenvalue weighted by molar-refractivity contribution is 7.08. The van der Waals surface area contributed by atoms with Gasteiger partial charge in [0.15, 0.2) is 11.6 Å². The molecule has 0 bridgehead atoms. The van der Waals surface area contributed by atoms with Crippen molar-refractivity contribution >= 4 is 28.8 Å². The third-order valence-electron chi connectivity index (χ3n) is 2.15. The predicted molar refractivity (Wildman–Crippen MR) is 68.5 cm³/mol. The van der Waals surface area contributed by atoms with Crippen LogP contribution in [0.3, 0.4) is 0 Å². The number of aromatic amines is 1. The van der Waals surface area contributed by atoms with Crippen LogP contribution in [-0.4, -0.2) is 21.7 Å². The Morgan fingerprint density at radius 1 is 1.50 bits per heavy atom. The van der Waals surface area contributed by atoms with Crippen molar-refractivity contribution in [2.45, 2.75) is 0 Å². The van der Waals surface area contributed by atoms with Crippen molar-refractivity contribution in [3.63, 3.8) is 0 Å². The van der Waals surface area contributed by atoms with Gasteiger partial charge in [0.1, 0.15) is 5.69 Å². The number of allylic oxidation sites excluding steroid dienone is 1. The fourth-order valence-electron chi connectivity index (χ4n) is 1.29. The molecule has 6 nitrogen and oxygen atoms in total. The molecule has 0 aliphatic heterocycles. The van der Waals surface area contributed by atoms with Crippen LogP contribution >= 0.6 is 11.3 Å². The van der Waals surface area contributed by atoms with Gasteiger partial charge in [-0.1, -0.05) is 0 Å². The molecule has 0 saturated carbocycles. The van der Waals surface area contributed by atoms with Crippen LogP contribution in [0.25, 0.3) is 0 Å². The standard InChI is InChI=1S/C11H10N4O2S/c12-10(17)9-11(15-6-14-9)13-3-1-8(16)7-2-4-18-5-7/h1-6,13H,(H2,12,17)(H,14,15). The molecule has 2 aromatic heterocycles. The van der Waals surface area contributed by atoms with Gasteiger partial charge in [0.2, 0.25) is 0 Å². The molecule has 0 unspecified atom stereocenters. The van der Waals surface area contributed by atoms with Crippen LogP contribution in [-0.2, 0) is 0 Å². The Labute approximate surface area is 107 Å². The van der Waals surface area contributed by atoms with E-state index in [-0.39, 0.29) is 17.3 Å². The summed E-state index contributed by atoms with van der Waals surface area (Å²) in [5.41, 5.74) is 5.92. The largest absolute Gasteiger partial charge is 0.364 e. The lowest BCUT2D eigenvalue weighted by molar-refractivity contribution is 0.0995. The summed E-state index contributed by atoms with van der Waals surface area (Å²) in [6, 6.07) is 1.74. The number of aromatic nitrogens is 2. The number of nitrogens with one attached hydrogen (secondary N) is 2. The highest BCUT2D eigenvalue weighted by Gasteiger charge is 2.09. The summed E-state index contributed by atoms with van der Waals surface area (Å²) in [5.74, 6) is -0.454. The van der Waals surface area contributed by atoms with Crippen LogP contribution in [0.15, 0.2) is 35.4 Å². The summed E-state index contributed by atoms with van der Waals surface area (Å²) in [6.07, 6.45) is 4.13. The molecular formula is C11H10N4O2S. The van der Waals surface area contributed by atoms with E-state index in [0.29, 0.717) is 5.56 Å². The van der Waals surface area contributed by atoms with Gasteiger partial charge in [0, 0.05) is 23.2 Å². The molecule has 2 aromatic rings. The van der Waals surface area contributed by atoms with Gasteiger partial charge < -0.3 is 16.0 Å². The molecule has 7 heteroatoms. The van der Waals surface area contributed by atoms with Crippen molar-refractivity contribution in [3.05, 3.63) is 46.7 Å². The van der Waals surface area contributed by atoms with Crippen molar-refractivity contribution in [3.8, 4) is 0 Å². The SMILES string of the molecule is NC(=O)c1[nH]cnc1NC=CC(=O)c1ccsc1. The van der Waals surface area contributed by atoms with E-state index in [2.05, 4.69) is 15.3 Å². The van der Waals surface area contributed by atoms with Gasteiger partial charge in [0.05, 0.1) is 6.33 Å². The second-order valence-electron chi connectivity index (χ2n) is 3.34. The molecule has 0 radical (unpaired) electrons. The van der Waals surface area contributed by atoms with Crippen molar-refractivity contribution in [1.82, 2.24) is 9.97 Å². The molecule has 4 N–H and O–H groups in total. The summed E-state index contributed by atoms with van der Waals surface area (Å²) in [4.78, 5) is 29.1. The molecule has 2 heterocycles. The van der Waals surface area contributed by atoms with E-state index in [1.165, 1.54) is 29.9 Å². The molecule has 0 aliphatic carbocycles. The molecular weight excluding hydrogens is 252 g/mol. The number of nitrogens with two attached hydrogens (primary N) is 1. The first-order valence-corrected chi connectivity index (χ1v) is 5.95. The molecule has 2 rings (SSSR count). The number of amides is 1. The first-order chi connectivity index (χ1) is 8.68. The van der Waals surface area contributed by atoms with Crippen molar-refractivity contribution < 1.29 is 9.59 Å². The van der Waals surface area contributed by atoms with Gasteiger partial charge >= 0.3 is 0 Å². The molecule has 0 aliphatic rings. The van der Waals surface area contributed by atoms with Gasteiger partial charge in [-0.2, -0.15) is 11.3 Å². The molecule has 0 spiro atoms. The summed E-state index contributed by atoms with van der Waals surface area (Å²) >= 11 is 1.45. The van der Waals surface area contributed by atoms with Gasteiger partial charge in [-0.3, -0.25) is 9.59 Å². The van der Waals surface area contributed by atoms with Crippen LogP contribution in [0.2, 0.25) is 0 Å². The average molecular weight is 262 g/mol. The fourth-order valence-corrected chi connectivity index (χ4v) is 1.93. The third-order valence-corrected chi connectivity index (χ3v) is 2.83. The molecule has 0 aromatic carbocycles. The van der Waals surface area contributed by atoms with Crippen LogP contribution in [0.4, 0.5) is 5.82 Å². The van der Waals surface area contributed by atoms with Crippen LogP contribution in [0, 0.1) is 0 Å². The topological polar surface area (TPSA) is 101 Å². The number of H-pyrrole nitrogens is 1. The van der Waals surface area contributed by atoms with Crippen molar-refractivity contribution in [1.29, 1.82) is 0 Å². The highest BCUT2D eigenvalue weighted by atomic mass is 32.1. The number of primary amides is 1. The number of carbonyl (C=O) groups is 2. The van der Waals surface area contributed by atoms with Crippen LogP contribution < -0.4 is 11.1 Å². The maximum absolute atomic E-state index is 11.6. The van der Waals surface area contributed by atoms with Gasteiger partial charge in [-0.05, 0) is 11.4 Å². The number of imidazole rings is 1. The first-order valence-electron chi connectivity index (χ1n) is 5.01. The Bertz CT molecular complexity index is 586. The number of hydrogen-bond donors (Lipinski definition) is 3. The Morgan fingerprint density at radius 2 is 2.33 bits per heavy atom. The van der Waals surface area contributed by atoms with E-state index in [4.69, 9.17) is 5.73 Å². The van der Waals surface area contributed by atoms with Gasteiger partial charge in [0.25, 0.3) is 5.91 Å². The van der Waals surface area contributed by atoms with Crippen LogP contribution in [0.1, 0.15) is 20.8 Å². The number of carbonyl (C=O) groups excluding carboxylic acids is 2. The number of anilines is 1. The average Bonchev–Trinajstić information content (AvgIpc) is 2.99. The minimum atomic E-state index is -0.618. The zero-order chi connectivity index (χ0) is 13.0. The minimum absolute atomic E-state index is 0.125. The zero-order valence-electron chi connectivity index (χ0n) is 9.21. The summed E-state index contributed by atoms with van der Waals surface area (Å²) in [5, 5.41) is 6.31.